The number of likely N-dealkylation sites (tertiary alicyclic amines) is 1. The van der Waals surface area contributed by atoms with Gasteiger partial charge < -0.3 is 10.0 Å². The highest BCUT2D eigenvalue weighted by Gasteiger charge is 2.34. The molecule has 164 valence electrons. The Hall–Kier alpha value is -3.18. The van der Waals surface area contributed by atoms with Crippen LogP contribution < -0.4 is 0 Å². The summed E-state index contributed by atoms with van der Waals surface area (Å²) in [5.41, 5.74) is 2.11. The predicted octanol–water partition coefficient (Wildman–Crippen LogP) is 4.80. The molecule has 0 saturated carbocycles. The number of carbonyl (C=O) groups excluding carboxylic acids is 2. The minimum absolute atomic E-state index is 0.165. The number of piperidine rings is 1. The number of aromatic hydroxyl groups is 1. The molecule has 1 saturated heterocycles. The maximum absolute atomic E-state index is 12.5. The molecule has 32 heavy (non-hydrogen) atoms. The molecular formula is C27H28N2O3. The minimum Gasteiger partial charge on any atom is -0.507 e. The van der Waals surface area contributed by atoms with Gasteiger partial charge in [0.15, 0.2) is 0 Å². The number of benzene rings is 3. The molecule has 0 unspecified atom stereocenters. The van der Waals surface area contributed by atoms with E-state index >= 15 is 0 Å². The fourth-order valence-corrected chi connectivity index (χ4v) is 5.12. The monoisotopic (exact) mass is 428 g/mol. The van der Waals surface area contributed by atoms with E-state index in [9.17, 15) is 14.7 Å². The van der Waals surface area contributed by atoms with Gasteiger partial charge in [-0.3, -0.25) is 14.5 Å². The largest absolute Gasteiger partial charge is 0.507 e. The second-order valence-corrected chi connectivity index (χ2v) is 8.86. The summed E-state index contributed by atoms with van der Waals surface area (Å²) in [5, 5.41) is 12.8. The third kappa shape index (κ3) is 3.78. The van der Waals surface area contributed by atoms with Crippen molar-refractivity contribution in [2.75, 3.05) is 26.2 Å². The average Bonchev–Trinajstić information content (AvgIpc) is 3.08. The highest BCUT2D eigenvalue weighted by Crippen LogP contribution is 2.38. The highest BCUT2D eigenvalue weighted by atomic mass is 16.3. The molecule has 5 nitrogen and oxygen atoms in total. The van der Waals surface area contributed by atoms with E-state index in [1.165, 1.54) is 4.90 Å². The second-order valence-electron chi connectivity index (χ2n) is 8.86. The molecule has 5 heteroatoms. The molecule has 0 bridgehead atoms. The quantitative estimate of drug-likeness (QED) is 0.453. The maximum atomic E-state index is 12.5. The predicted molar refractivity (Wildman–Crippen MR) is 125 cm³/mol. The second kappa shape index (κ2) is 8.75. The van der Waals surface area contributed by atoms with Gasteiger partial charge in [0, 0.05) is 11.9 Å². The van der Waals surface area contributed by atoms with Crippen molar-refractivity contribution in [3.8, 4) is 5.75 Å². The van der Waals surface area contributed by atoms with E-state index in [1.807, 2.05) is 24.3 Å². The van der Waals surface area contributed by atoms with Gasteiger partial charge in [-0.15, -0.1) is 0 Å². The SMILES string of the molecule is O=C1c2ccccc2C(=O)N1CCCCN1CCC(c2ccc3ccccc3c2O)CC1. The summed E-state index contributed by atoms with van der Waals surface area (Å²) in [7, 11) is 0. The van der Waals surface area contributed by atoms with Crippen molar-refractivity contribution in [1.82, 2.24) is 9.80 Å². The number of hydrogen-bond donors (Lipinski definition) is 1. The Morgan fingerprint density at radius 3 is 2.12 bits per heavy atom. The summed E-state index contributed by atoms with van der Waals surface area (Å²) in [6.45, 7) is 3.46. The Morgan fingerprint density at radius 2 is 1.41 bits per heavy atom. The molecule has 2 aliphatic heterocycles. The lowest BCUT2D eigenvalue weighted by molar-refractivity contribution is 0.0649. The summed E-state index contributed by atoms with van der Waals surface area (Å²) in [5.74, 6) is 0.486. The van der Waals surface area contributed by atoms with Gasteiger partial charge in [0.2, 0.25) is 0 Å². The maximum Gasteiger partial charge on any atom is 0.261 e. The van der Waals surface area contributed by atoms with Crippen molar-refractivity contribution in [3.63, 3.8) is 0 Å². The van der Waals surface area contributed by atoms with Gasteiger partial charge in [-0.1, -0.05) is 48.5 Å². The molecule has 2 amide bonds. The van der Waals surface area contributed by atoms with Crippen LogP contribution in [0.3, 0.4) is 0 Å². The molecule has 0 spiro atoms. The van der Waals surface area contributed by atoms with E-state index < -0.39 is 0 Å². The van der Waals surface area contributed by atoms with Crippen LogP contribution in [0.4, 0.5) is 0 Å². The number of hydrogen-bond acceptors (Lipinski definition) is 4. The number of phenols is 1. The molecule has 2 aliphatic rings. The smallest absolute Gasteiger partial charge is 0.261 e. The Bertz CT molecular complexity index is 1130. The molecule has 0 aromatic heterocycles. The van der Waals surface area contributed by atoms with Crippen molar-refractivity contribution in [2.45, 2.75) is 31.6 Å². The van der Waals surface area contributed by atoms with Gasteiger partial charge in [0.1, 0.15) is 5.75 Å². The molecule has 1 fully saturated rings. The van der Waals surface area contributed by atoms with Crippen LogP contribution in [0.2, 0.25) is 0 Å². The molecule has 3 aromatic carbocycles. The van der Waals surface area contributed by atoms with Crippen molar-refractivity contribution in [3.05, 3.63) is 77.4 Å². The summed E-state index contributed by atoms with van der Waals surface area (Å²) >= 11 is 0. The van der Waals surface area contributed by atoms with Crippen LogP contribution in [0.25, 0.3) is 10.8 Å². The van der Waals surface area contributed by atoms with Crippen LogP contribution in [0.5, 0.6) is 5.75 Å². The molecule has 0 aliphatic carbocycles. The first-order valence-electron chi connectivity index (χ1n) is 11.5. The lowest BCUT2D eigenvalue weighted by Crippen LogP contribution is -2.35. The number of imide groups is 1. The van der Waals surface area contributed by atoms with Gasteiger partial charge in [0.05, 0.1) is 11.1 Å². The number of phenolic OH excluding ortho intramolecular Hbond substituents is 1. The fraction of sp³-hybridized carbons (Fsp3) is 0.333. The molecule has 1 N–H and O–H groups in total. The number of nitrogens with zero attached hydrogens (tertiary/aromatic N) is 2. The van der Waals surface area contributed by atoms with Crippen molar-refractivity contribution < 1.29 is 14.7 Å². The summed E-state index contributed by atoms with van der Waals surface area (Å²) in [4.78, 5) is 28.8. The van der Waals surface area contributed by atoms with Crippen molar-refractivity contribution in [2.24, 2.45) is 0 Å². The number of rotatable bonds is 6. The van der Waals surface area contributed by atoms with Crippen LogP contribution in [0.1, 0.15) is 57.9 Å². The molecular weight excluding hydrogens is 400 g/mol. The number of amides is 2. The Morgan fingerprint density at radius 1 is 0.781 bits per heavy atom. The van der Waals surface area contributed by atoms with Gasteiger partial charge in [-0.25, -0.2) is 0 Å². The van der Waals surface area contributed by atoms with Gasteiger partial charge in [0.25, 0.3) is 11.8 Å². The Kier molecular flexibility index (Phi) is 5.66. The van der Waals surface area contributed by atoms with Crippen molar-refractivity contribution in [1.29, 1.82) is 0 Å². The number of fused-ring (bicyclic) bond motifs is 2. The van der Waals surface area contributed by atoms with Gasteiger partial charge in [-0.2, -0.15) is 0 Å². The minimum atomic E-state index is -0.165. The highest BCUT2D eigenvalue weighted by molar-refractivity contribution is 6.21. The Labute approximate surface area is 188 Å². The van der Waals surface area contributed by atoms with Crippen LogP contribution in [0, 0.1) is 0 Å². The Balaban J connectivity index is 1.10. The first kappa shape index (κ1) is 20.7. The van der Waals surface area contributed by atoms with E-state index in [1.54, 1.807) is 24.3 Å². The number of unbranched alkanes of at least 4 members (excludes halogenated alkanes) is 1. The average molecular weight is 429 g/mol. The zero-order valence-corrected chi connectivity index (χ0v) is 18.2. The molecule has 0 radical (unpaired) electrons. The summed E-state index contributed by atoms with van der Waals surface area (Å²) in [6.07, 6.45) is 3.84. The van der Waals surface area contributed by atoms with Crippen LogP contribution in [-0.4, -0.2) is 52.9 Å². The molecule has 0 atom stereocenters. The molecule has 3 aromatic rings. The summed E-state index contributed by atoms with van der Waals surface area (Å²) in [6, 6.07) is 19.2. The first-order valence-corrected chi connectivity index (χ1v) is 11.5. The first-order chi connectivity index (χ1) is 15.6. The van der Waals surface area contributed by atoms with E-state index in [2.05, 4.69) is 17.0 Å². The summed E-state index contributed by atoms with van der Waals surface area (Å²) < 4.78 is 0. The van der Waals surface area contributed by atoms with E-state index in [0.29, 0.717) is 29.3 Å². The van der Waals surface area contributed by atoms with Crippen LogP contribution in [-0.2, 0) is 0 Å². The topological polar surface area (TPSA) is 60.9 Å². The third-order valence-electron chi connectivity index (χ3n) is 6.94. The number of carbonyl (C=O) groups is 2. The van der Waals surface area contributed by atoms with E-state index in [4.69, 9.17) is 0 Å². The fourth-order valence-electron chi connectivity index (χ4n) is 5.12. The lowest BCUT2D eigenvalue weighted by atomic mass is 9.87. The lowest BCUT2D eigenvalue weighted by Gasteiger charge is -2.32. The van der Waals surface area contributed by atoms with E-state index in [0.717, 1.165) is 61.7 Å². The molecule has 5 rings (SSSR count). The standard InChI is InChI=1S/C27H28N2O3/c30-25-21-8-2-1-7-19(21)11-12-22(25)20-13-17-28(18-14-20)15-5-6-16-29-26(31)23-9-3-4-10-24(23)27(29)32/h1-4,7-12,20,30H,5-6,13-18H2. The van der Waals surface area contributed by atoms with Gasteiger partial charge in [-0.05, 0) is 74.3 Å². The molecule has 2 heterocycles. The van der Waals surface area contributed by atoms with Crippen molar-refractivity contribution >= 4 is 22.6 Å². The van der Waals surface area contributed by atoms with Crippen LogP contribution >= 0.6 is 0 Å². The van der Waals surface area contributed by atoms with E-state index in [-0.39, 0.29) is 11.8 Å². The van der Waals surface area contributed by atoms with Crippen LogP contribution in [0.15, 0.2) is 60.7 Å². The third-order valence-corrected chi connectivity index (χ3v) is 6.94. The normalized spacial score (nSPS) is 17.3. The zero-order valence-electron chi connectivity index (χ0n) is 18.2. The zero-order chi connectivity index (χ0) is 22.1. The van der Waals surface area contributed by atoms with Gasteiger partial charge >= 0.3 is 0 Å².